The van der Waals surface area contributed by atoms with Crippen molar-refractivity contribution in [1.29, 1.82) is 0 Å². The number of carbonyl (C=O) groups is 1. The van der Waals surface area contributed by atoms with Crippen molar-refractivity contribution in [1.82, 2.24) is 9.55 Å². The lowest BCUT2D eigenvalue weighted by molar-refractivity contribution is 0.102. The number of H-pyrrole nitrogens is 1. The number of rotatable bonds is 4. The number of nitrogens with zero attached hydrogens (tertiary/aromatic N) is 1. The van der Waals surface area contributed by atoms with Crippen LogP contribution in [0.5, 0.6) is 5.75 Å². The van der Waals surface area contributed by atoms with E-state index in [-0.39, 0.29) is 5.56 Å². The highest BCUT2D eigenvalue weighted by atomic mass is 79.9. The SMILES string of the molecule is COc1cccc(-n2c(=O)[nH]cc(C(=O)Nc3ccc(Br)cc3)c2=O)c1. The van der Waals surface area contributed by atoms with Gasteiger partial charge in [0.1, 0.15) is 11.3 Å². The largest absolute Gasteiger partial charge is 0.497 e. The summed E-state index contributed by atoms with van der Waals surface area (Å²) < 4.78 is 6.86. The van der Waals surface area contributed by atoms with Crippen molar-refractivity contribution >= 4 is 27.5 Å². The third-order valence-electron chi connectivity index (χ3n) is 3.63. The Kier molecular flexibility index (Phi) is 5.04. The molecule has 1 heterocycles. The maximum absolute atomic E-state index is 12.7. The fraction of sp³-hybridized carbons (Fsp3) is 0.0556. The number of aromatic nitrogens is 2. The Labute approximate surface area is 156 Å². The predicted octanol–water partition coefficient (Wildman–Crippen LogP) is 2.55. The first-order chi connectivity index (χ1) is 12.5. The summed E-state index contributed by atoms with van der Waals surface area (Å²) in [5.41, 5.74) is -0.735. The standard InChI is InChI=1S/C18H14BrN3O4/c1-26-14-4-2-3-13(9-14)22-17(24)15(10-20-18(22)25)16(23)21-12-7-5-11(19)6-8-12/h2-10H,1H3,(H,20,25)(H,21,23). The molecule has 1 amide bonds. The predicted molar refractivity (Wildman–Crippen MR) is 101 cm³/mol. The highest BCUT2D eigenvalue weighted by Crippen LogP contribution is 2.15. The van der Waals surface area contributed by atoms with Crippen molar-refractivity contribution in [3.63, 3.8) is 0 Å². The molecule has 0 fully saturated rings. The molecule has 0 bridgehead atoms. The Balaban J connectivity index is 2.01. The number of halogens is 1. The van der Waals surface area contributed by atoms with Gasteiger partial charge in [0.15, 0.2) is 0 Å². The average molecular weight is 416 g/mol. The normalized spacial score (nSPS) is 10.4. The molecule has 1 aromatic heterocycles. The summed E-state index contributed by atoms with van der Waals surface area (Å²) in [6.07, 6.45) is 1.11. The highest BCUT2D eigenvalue weighted by molar-refractivity contribution is 9.10. The van der Waals surface area contributed by atoms with Crippen LogP contribution >= 0.6 is 15.9 Å². The summed E-state index contributed by atoms with van der Waals surface area (Å²) >= 11 is 3.31. The summed E-state index contributed by atoms with van der Waals surface area (Å²) in [7, 11) is 1.48. The van der Waals surface area contributed by atoms with Gasteiger partial charge in [0.2, 0.25) is 0 Å². The molecular weight excluding hydrogens is 402 g/mol. The number of ether oxygens (including phenoxy) is 1. The van der Waals surface area contributed by atoms with Crippen molar-refractivity contribution in [2.75, 3.05) is 12.4 Å². The number of nitrogens with one attached hydrogen (secondary N) is 2. The van der Waals surface area contributed by atoms with Crippen LogP contribution in [0.4, 0.5) is 5.69 Å². The van der Waals surface area contributed by atoms with E-state index in [1.165, 1.54) is 13.2 Å². The van der Waals surface area contributed by atoms with Gasteiger partial charge in [-0.25, -0.2) is 9.36 Å². The van der Waals surface area contributed by atoms with Gasteiger partial charge in [-0.2, -0.15) is 0 Å². The molecule has 132 valence electrons. The Morgan fingerprint density at radius 2 is 1.88 bits per heavy atom. The van der Waals surface area contributed by atoms with Gasteiger partial charge in [-0.3, -0.25) is 9.59 Å². The van der Waals surface area contributed by atoms with Crippen LogP contribution in [-0.2, 0) is 0 Å². The Hall–Kier alpha value is -3.13. The zero-order valence-electron chi connectivity index (χ0n) is 13.7. The van der Waals surface area contributed by atoms with E-state index in [1.54, 1.807) is 42.5 Å². The summed E-state index contributed by atoms with van der Waals surface area (Å²) in [6, 6.07) is 13.3. The minimum Gasteiger partial charge on any atom is -0.497 e. The molecule has 0 aliphatic heterocycles. The van der Waals surface area contributed by atoms with E-state index < -0.39 is 17.2 Å². The second kappa shape index (κ2) is 7.40. The van der Waals surface area contributed by atoms with E-state index in [1.807, 2.05) is 0 Å². The maximum atomic E-state index is 12.7. The highest BCUT2D eigenvalue weighted by Gasteiger charge is 2.16. The number of anilines is 1. The summed E-state index contributed by atoms with van der Waals surface area (Å²) in [6.45, 7) is 0. The van der Waals surface area contributed by atoms with Gasteiger partial charge in [-0.15, -0.1) is 0 Å². The zero-order chi connectivity index (χ0) is 18.7. The number of amides is 1. The molecule has 3 rings (SSSR count). The van der Waals surface area contributed by atoms with Crippen LogP contribution in [0.1, 0.15) is 10.4 Å². The van der Waals surface area contributed by atoms with Crippen LogP contribution in [0.3, 0.4) is 0 Å². The van der Waals surface area contributed by atoms with Crippen LogP contribution in [0.25, 0.3) is 5.69 Å². The van der Waals surface area contributed by atoms with Crippen LogP contribution in [0.15, 0.2) is 68.8 Å². The lowest BCUT2D eigenvalue weighted by Crippen LogP contribution is -2.38. The van der Waals surface area contributed by atoms with E-state index in [0.717, 1.165) is 15.2 Å². The molecule has 0 unspecified atom stereocenters. The summed E-state index contributed by atoms with van der Waals surface area (Å²) in [5.74, 6) is -0.135. The van der Waals surface area contributed by atoms with E-state index >= 15 is 0 Å². The second-order valence-electron chi connectivity index (χ2n) is 5.31. The van der Waals surface area contributed by atoms with E-state index in [9.17, 15) is 14.4 Å². The van der Waals surface area contributed by atoms with Crippen molar-refractivity contribution < 1.29 is 9.53 Å². The number of hydrogen-bond acceptors (Lipinski definition) is 4. The topological polar surface area (TPSA) is 93.2 Å². The molecule has 2 aromatic carbocycles. The van der Waals surface area contributed by atoms with Gasteiger partial charge in [0.25, 0.3) is 11.5 Å². The molecule has 0 spiro atoms. The number of methoxy groups -OCH3 is 1. The maximum Gasteiger partial charge on any atom is 0.333 e. The molecule has 0 saturated heterocycles. The molecule has 3 aromatic rings. The van der Waals surface area contributed by atoms with Crippen molar-refractivity contribution in [2.45, 2.75) is 0 Å². The second-order valence-corrected chi connectivity index (χ2v) is 6.23. The third kappa shape index (κ3) is 3.60. The molecule has 26 heavy (non-hydrogen) atoms. The number of benzene rings is 2. The number of hydrogen-bond donors (Lipinski definition) is 2. The Morgan fingerprint density at radius 3 is 2.58 bits per heavy atom. The summed E-state index contributed by atoms with van der Waals surface area (Å²) in [4.78, 5) is 39.7. The molecule has 7 nitrogen and oxygen atoms in total. The number of carbonyl (C=O) groups excluding carboxylic acids is 1. The van der Waals surface area contributed by atoms with E-state index in [2.05, 4.69) is 26.2 Å². The van der Waals surface area contributed by atoms with Crippen molar-refractivity contribution in [3.05, 3.63) is 85.6 Å². The first-order valence-corrected chi connectivity index (χ1v) is 8.35. The van der Waals surface area contributed by atoms with E-state index in [4.69, 9.17) is 4.74 Å². The van der Waals surface area contributed by atoms with Gasteiger partial charge in [-0.05, 0) is 36.4 Å². The van der Waals surface area contributed by atoms with Crippen LogP contribution in [-0.4, -0.2) is 22.6 Å². The fourth-order valence-electron chi connectivity index (χ4n) is 2.35. The van der Waals surface area contributed by atoms with Crippen LogP contribution in [0, 0.1) is 0 Å². The first-order valence-electron chi connectivity index (χ1n) is 7.55. The van der Waals surface area contributed by atoms with Crippen molar-refractivity contribution in [2.24, 2.45) is 0 Å². The first kappa shape index (κ1) is 17.7. The van der Waals surface area contributed by atoms with Crippen molar-refractivity contribution in [3.8, 4) is 11.4 Å². The molecular formula is C18H14BrN3O4. The summed E-state index contributed by atoms with van der Waals surface area (Å²) in [5, 5.41) is 2.63. The van der Waals surface area contributed by atoms with Gasteiger partial charge in [-0.1, -0.05) is 22.0 Å². The Morgan fingerprint density at radius 1 is 1.15 bits per heavy atom. The molecule has 0 atom stereocenters. The smallest absolute Gasteiger partial charge is 0.333 e. The average Bonchev–Trinajstić information content (AvgIpc) is 2.64. The number of aromatic amines is 1. The Bertz CT molecular complexity index is 1070. The van der Waals surface area contributed by atoms with Gasteiger partial charge >= 0.3 is 5.69 Å². The van der Waals surface area contributed by atoms with Gasteiger partial charge < -0.3 is 15.0 Å². The van der Waals surface area contributed by atoms with Crippen LogP contribution < -0.4 is 21.3 Å². The minimum absolute atomic E-state index is 0.185. The molecule has 0 aliphatic rings. The quantitative estimate of drug-likeness (QED) is 0.684. The van der Waals surface area contributed by atoms with Crippen LogP contribution in [0.2, 0.25) is 0 Å². The molecule has 0 radical (unpaired) electrons. The molecule has 2 N–H and O–H groups in total. The van der Waals surface area contributed by atoms with E-state index in [0.29, 0.717) is 17.1 Å². The third-order valence-corrected chi connectivity index (χ3v) is 4.16. The zero-order valence-corrected chi connectivity index (χ0v) is 15.2. The lowest BCUT2D eigenvalue weighted by atomic mass is 10.2. The molecule has 8 heteroatoms. The molecule has 0 saturated carbocycles. The minimum atomic E-state index is -0.725. The van der Waals surface area contributed by atoms with Gasteiger partial charge in [0, 0.05) is 22.4 Å². The monoisotopic (exact) mass is 415 g/mol. The fourth-order valence-corrected chi connectivity index (χ4v) is 2.62. The van der Waals surface area contributed by atoms with Gasteiger partial charge in [0.05, 0.1) is 12.8 Å². The lowest BCUT2D eigenvalue weighted by Gasteiger charge is -2.09. The molecule has 0 aliphatic carbocycles.